The smallest absolute Gasteiger partial charge is 0.252 e. The Morgan fingerprint density at radius 2 is 2.13 bits per heavy atom. The van der Waals surface area contributed by atoms with E-state index in [1.807, 2.05) is 32.2 Å². The lowest BCUT2D eigenvalue weighted by atomic mass is 10.2. The molecule has 0 spiro atoms. The zero-order chi connectivity index (χ0) is 21.8. The number of amides is 1. The van der Waals surface area contributed by atoms with Gasteiger partial charge in [-0.15, -0.1) is 0 Å². The second kappa shape index (κ2) is 9.88. The molecular weight excluding hydrogens is 537 g/mol. The molecule has 30 heavy (non-hydrogen) atoms. The summed E-state index contributed by atoms with van der Waals surface area (Å²) in [6, 6.07) is 11.1. The summed E-state index contributed by atoms with van der Waals surface area (Å²) in [6.07, 6.45) is 1.60. The summed E-state index contributed by atoms with van der Waals surface area (Å²) in [4.78, 5) is 25.0. The Labute approximate surface area is 196 Å². The summed E-state index contributed by atoms with van der Waals surface area (Å²) < 4.78 is 10.1. The van der Waals surface area contributed by atoms with E-state index in [-0.39, 0.29) is 18.0 Å². The van der Waals surface area contributed by atoms with E-state index in [4.69, 9.17) is 2.51 Å². The summed E-state index contributed by atoms with van der Waals surface area (Å²) in [6.45, 7) is 2.09. The molecule has 8 nitrogen and oxygen atoms in total. The average Bonchev–Trinajstić information content (AvgIpc) is 3.02. The van der Waals surface area contributed by atoms with Gasteiger partial charge >= 0.3 is 0 Å². The van der Waals surface area contributed by atoms with E-state index < -0.39 is 0 Å². The van der Waals surface area contributed by atoms with Crippen LogP contribution in [0.4, 0.5) is 5.69 Å². The topological polar surface area (TPSA) is 92.3 Å². The van der Waals surface area contributed by atoms with E-state index >= 15 is 0 Å². The number of hydrogen-bond acceptors (Lipinski definition) is 7. The number of carbonyl (C=O) groups is 1. The van der Waals surface area contributed by atoms with Crippen molar-refractivity contribution in [1.29, 1.82) is 5.26 Å². The van der Waals surface area contributed by atoms with Gasteiger partial charge in [-0.25, -0.2) is 10.8 Å². The van der Waals surface area contributed by atoms with E-state index in [2.05, 4.69) is 11.4 Å². The molecule has 11 heteroatoms. The first-order valence-corrected chi connectivity index (χ1v) is 11.0. The SMILES string of the molecule is Cc1cc(SN(C)CC(=O)Nc2ccn(C)c(=O)c2)c2c(c1)cc(C#N)n2SOI. The fourth-order valence-electron chi connectivity index (χ4n) is 2.91. The Balaban J connectivity index is 1.80. The fraction of sp³-hybridized carbons (Fsp3) is 0.211. The number of halogens is 1. The summed E-state index contributed by atoms with van der Waals surface area (Å²) in [5.74, 6) is -0.236. The predicted molar refractivity (Wildman–Crippen MR) is 128 cm³/mol. The first-order valence-electron chi connectivity index (χ1n) is 8.70. The van der Waals surface area contributed by atoms with Crippen LogP contribution in [0, 0.1) is 18.3 Å². The van der Waals surface area contributed by atoms with Gasteiger partial charge in [-0.3, -0.25) is 9.59 Å². The maximum atomic E-state index is 12.4. The van der Waals surface area contributed by atoms with E-state index in [9.17, 15) is 14.9 Å². The number of nitrogens with one attached hydrogen (secondary N) is 1. The van der Waals surface area contributed by atoms with Crippen molar-refractivity contribution in [2.45, 2.75) is 11.8 Å². The van der Waals surface area contributed by atoms with Crippen LogP contribution in [0.25, 0.3) is 10.9 Å². The standard InChI is InChI=1S/C19H18IN5O3S2/c1-12-6-13-8-15(10-21)25(30-28-20)19(13)16(7-12)29-24(3)11-17(26)22-14-4-5-23(2)18(27)9-14/h4-9H,11H2,1-3H3,(H,22,26). The van der Waals surface area contributed by atoms with Crippen molar-refractivity contribution in [1.82, 2.24) is 12.8 Å². The number of nitrogens with zero attached hydrogens (tertiary/aromatic N) is 4. The molecular formula is C19H18IN5O3S2. The second-order valence-electron chi connectivity index (χ2n) is 6.56. The molecule has 2 aromatic heterocycles. The summed E-state index contributed by atoms with van der Waals surface area (Å²) >= 11 is 4.23. The summed E-state index contributed by atoms with van der Waals surface area (Å²) in [5.41, 5.74) is 2.64. The lowest BCUT2D eigenvalue weighted by Gasteiger charge is -2.17. The molecule has 3 rings (SSSR count). The van der Waals surface area contributed by atoms with Crippen LogP contribution >= 0.6 is 47.2 Å². The molecule has 1 aromatic carbocycles. The van der Waals surface area contributed by atoms with Crippen molar-refractivity contribution in [2.24, 2.45) is 7.05 Å². The van der Waals surface area contributed by atoms with Crippen LogP contribution in [0.3, 0.4) is 0 Å². The lowest BCUT2D eigenvalue weighted by molar-refractivity contribution is -0.116. The molecule has 0 atom stereocenters. The zero-order valence-corrected chi connectivity index (χ0v) is 20.2. The number of aromatic nitrogens is 2. The Kier molecular flexibility index (Phi) is 7.48. The van der Waals surface area contributed by atoms with Crippen LogP contribution in [-0.4, -0.2) is 32.3 Å². The van der Waals surface area contributed by atoms with Gasteiger partial charge in [-0.2, -0.15) is 5.26 Å². The molecule has 2 heterocycles. The number of anilines is 1. The number of likely N-dealkylation sites (N-methyl/N-ethyl adjacent to an activating group) is 1. The normalized spacial score (nSPS) is 11.1. The first-order chi connectivity index (χ1) is 14.3. The number of aryl methyl sites for hydroxylation is 2. The van der Waals surface area contributed by atoms with E-state index in [0.717, 1.165) is 33.6 Å². The highest BCUT2D eigenvalue weighted by Gasteiger charge is 2.17. The van der Waals surface area contributed by atoms with E-state index in [0.29, 0.717) is 11.4 Å². The minimum Gasteiger partial charge on any atom is -0.325 e. The number of carbonyl (C=O) groups excluding carboxylic acids is 1. The van der Waals surface area contributed by atoms with Crippen molar-refractivity contribution in [2.75, 3.05) is 18.9 Å². The highest BCUT2D eigenvalue weighted by Crippen LogP contribution is 2.36. The minimum atomic E-state index is -0.236. The maximum Gasteiger partial charge on any atom is 0.252 e. The number of nitriles is 1. The molecule has 1 amide bonds. The predicted octanol–water partition coefficient (Wildman–Crippen LogP) is 3.88. The number of pyridine rings is 1. The Morgan fingerprint density at radius 1 is 1.37 bits per heavy atom. The van der Waals surface area contributed by atoms with Gasteiger partial charge in [0.1, 0.15) is 47.0 Å². The third kappa shape index (κ3) is 5.19. The molecule has 0 saturated heterocycles. The van der Waals surface area contributed by atoms with Crippen LogP contribution in [0.1, 0.15) is 11.3 Å². The van der Waals surface area contributed by atoms with Gasteiger partial charge in [0.05, 0.1) is 12.1 Å². The van der Waals surface area contributed by atoms with Crippen LogP contribution in [0.5, 0.6) is 0 Å². The van der Waals surface area contributed by atoms with Gasteiger partial charge in [0.25, 0.3) is 5.56 Å². The number of benzene rings is 1. The molecule has 0 aliphatic rings. The van der Waals surface area contributed by atoms with Gasteiger partial charge in [-0.05, 0) is 55.7 Å². The second-order valence-corrected chi connectivity index (χ2v) is 9.53. The Bertz CT molecular complexity index is 1200. The fourth-order valence-corrected chi connectivity index (χ4v) is 5.01. The van der Waals surface area contributed by atoms with Crippen molar-refractivity contribution in [3.8, 4) is 6.07 Å². The molecule has 0 fully saturated rings. The van der Waals surface area contributed by atoms with Crippen LogP contribution in [0.2, 0.25) is 0 Å². The molecule has 0 bridgehead atoms. The molecule has 0 aliphatic carbocycles. The maximum absolute atomic E-state index is 12.4. The summed E-state index contributed by atoms with van der Waals surface area (Å²) in [7, 11) is 3.46. The molecule has 0 unspecified atom stereocenters. The van der Waals surface area contributed by atoms with E-state index in [1.54, 1.807) is 50.6 Å². The van der Waals surface area contributed by atoms with Gasteiger partial charge < -0.3 is 9.88 Å². The van der Waals surface area contributed by atoms with Gasteiger partial charge in [0.2, 0.25) is 5.91 Å². The number of fused-ring (bicyclic) bond motifs is 1. The van der Waals surface area contributed by atoms with Gasteiger partial charge in [-0.1, -0.05) is 0 Å². The lowest BCUT2D eigenvalue weighted by Crippen LogP contribution is -2.26. The highest BCUT2D eigenvalue weighted by atomic mass is 127. The van der Waals surface area contributed by atoms with Gasteiger partial charge in [0, 0.05) is 35.3 Å². The molecule has 0 radical (unpaired) electrons. The highest BCUT2D eigenvalue weighted by molar-refractivity contribution is 14.1. The molecule has 0 aliphatic heterocycles. The van der Waals surface area contributed by atoms with Crippen LogP contribution in [-0.2, 0) is 14.4 Å². The summed E-state index contributed by atoms with van der Waals surface area (Å²) in [5, 5.41) is 13.1. The Morgan fingerprint density at radius 3 is 2.80 bits per heavy atom. The molecule has 1 N–H and O–H groups in total. The third-order valence-corrected chi connectivity index (χ3v) is 6.20. The first kappa shape index (κ1) is 22.7. The van der Waals surface area contributed by atoms with Crippen molar-refractivity contribution < 1.29 is 7.31 Å². The monoisotopic (exact) mass is 555 g/mol. The van der Waals surface area contributed by atoms with E-state index in [1.165, 1.54) is 22.6 Å². The zero-order valence-electron chi connectivity index (χ0n) is 16.4. The van der Waals surface area contributed by atoms with Crippen molar-refractivity contribution in [3.63, 3.8) is 0 Å². The molecule has 3 aromatic rings. The quantitative estimate of drug-likeness (QED) is 0.269. The van der Waals surface area contributed by atoms with Crippen molar-refractivity contribution >= 4 is 69.7 Å². The Hall–Kier alpha value is -1.98. The molecule has 156 valence electrons. The molecule has 0 saturated carbocycles. The largest absolute Gasteiger partial charge is 0.325 e. The third-order valence-electron chi connectivity index (χ3n) is 4.19. The van der Waals surface area contributed by atoms with Crippen LogP contribution in [0.15, 0.2) is 46.2 Å². The van der Waals surface area contributed by atoms with Crippen molar-refractivity contribution in [3.05, 3.63) is 58.1 Å². The number of rotatable bonds is 7. The number of hydrogen-bond donors (Lipinski definition) is 1. The average molecular weight is 555 g/mol. The van der Waals surface area contributed by atoms with Gasteiger partial charge in [0.15, 0.2) is 0 Å². The van der Waals surface area contributed by atoms with Crippen LogP contribution < -0.4 is 10.9 Å². The minimum absolute atomic E-state index is 0.108.